The van der Waals surface area contributed by atoms with Crippen molar-refractivity contribution in [3.05, 3.63) is 73.7 Å². The lowest BCUT2D eigenvalue weighted by molar-refractivity contribution is -0.150. The van der Waals surface area contributed by atoms with Crippen LogP contribution in [0.4, 0.5) is 5.69 Å². The Balaban J connectivity index is 1.90. The first-order valence-corrected chi connectivity index (χ1v) is 11.5. The number of nitrogens with one attached hydrogen (secondary N) is 2. The van der Waals surface area contributed by atoms with E-state index in [1.807, 2.05) is 0 Å². The van der Waals surface area contributed by atoms with Gasteiger partial charge in [0.05, 0.1) is 29.5 Å². The molecule has 7 nitrogen and oxygen atoms in total. The lowest BCUT2D eigenvalue weighted by Gasteiger charge is -2.31. The Labute approximate surface area is 209 Å². The van der Waals surface area contributed by atoms with Crippen molar-refractivity contribution in [2.45, 2.75) is 5.92 Å². The van der Waals surface area contributed by atoms with Gasteiger partial charge >= 0.3 is 5.97 Å². The van der Waals surface area contributed by atoms with Crippen LogP contribution in [0.25, 0.3) is 0 Å². The molecule has 1 heterocycles. The number of rotatable bonds is 6. The van der Waals surface area contributed by atoms with Crippen LogP contribution in [-0.4, -0.2) is 30.6 Å². The summed E-state index contributed by atoms with van der Waals surface area (Å²) in [4.78, 5) is 37.7. The van der Waals surface area contributed by atoms with Crippen LogP contribution in [0, 0.1) is 17.2 Å². The van der Waals surface area contributed by atoms with E-state index in [1.165, 1.54) is 18.2 Å². The fraction of sp³-hybridized carbons (Fsp3) is 0.182. The number of hydrogen-bond acceptors (Lipinski definition) is 6. The van der Waals surface area contributed by atoms with Crippen LogP contribution in [0.15, 0.2) is 53.1 Å². The van der Waals surface area contributed by atoms with Crippen molar-refractivity contribution < 1.29 is 19.1 Å². The van der Waals surface area contributed by atoms with Gasteiger partial charge in [-0.25, -0.2) is 0 Å². The molecule has 0 aromatic heterocycles. The summed E-state index contributed by atoms with van der Waals surface area (Å²) in [6.45, 7) is 0. The molecule has 170 valence electrons. The van der Waals surface area contributed by atoms with Crippen molar-refractivity contribution in [2.24, 2.45) is 5.92 Å². The van der Waals surface area contributed by atoms with E-state index >= 15 is 0 Å². The van der Waals surface area contributed by atoms with Gasteiger partial charge in [0, 0.05) is 26.7 Å². The molecule has 1 aliphatic heterocycles. The van der Waals surface area contributed by atoms with Gasteiger partial charge in [-0.3, -0.25) is 14.4 Å². The summed E-state index contributed by atoms with van der Waals surface area (Å²) in [7, 11) is 1.16. The number of methoxy groups -OCH3 is 1. The molecule has 0 saturated carbocycles. The quantitative estimate of drug-likeness (QED) is 0.417. The van der Waals surface area contributed by atoms with E-state index in [4.69, 9.17) is 39.5 Å². The summed E-state index contributed by atoms with van der Waals surface area (Å²) in [5, 5.41) is 16.3. The normalized spacial score (nSPS) is 17.7. The fourth-order valence-corrected chi connectivity index (χ4v) is 4.97. The number of amides is 2. The zero-order valence-electron chi connectivity index (χ0n) is 17.0. The molecule has 2 atom stereocenters. The van der Waals surface area contributed by atoms with Crippen molar-refractivity contribution in [1.29, 1.82) is 5.26 Å². The Morgan fingerprint density at radius 3 is 2.45 bits per heavy atom. The van der Waals surface area contributed by atoms with E-state index in [0.717, 1.165) is 18.9 Å². The number of anilines is 1. The van der Waals surface area contributed by atoms with Gasteiger partial charge in [-0.15, -0.1) is 0 Å². The van der Waals surface area contributed by atoms with Crippen molar-refractivity contribution in [3.63, 3.8) is 0 Å². The number of carbonyl (C=O) groups is 3. The highest BCUT2D eigenvalue weighted by Crippen LogP contribution is 2.42. The Hall–Kier alpha value is -2.70. The largest absolute Gasteiger partial charge is 0.468 e. The molecular formula is C22H16Cl3N3O4S. The lowest BCUT2D eigenvalue weighted by Crippen LogP contribution is -2.44. The summed E-state index contributed by atoms with van der Waals surface area (Å²) >= 11 is 19.2. The van der Waals surface area contributed by atoms with Gasteiger partial charge in [0.25, 0.3) is 0 Å². The molecule has 2 N–H and O–H groups in total. The molecule has 0 aliphatic carbocycles. The molecule has 0 spiro atoms. The standard InChI is InChI=1S/C22H16Cl3N3O4S/c1-32-22(31)19-18(14-4-2-3-5-16(14)25)15(9-26)21(28-20(19)30)33-10-17(29)27-13-7-11(23)6-12(24)8-13/h2-8,18-19H,10H2,1H3,(H,27,29)(H,28,30)/t18-,19-/m0/s1. The minimum Gasteiger partial charge on any atom is -0.468 e. The van der Waals surface area contributed by atoms with E-state index in [9.17, 15) is 19.6 Å². The number of esters is 1. The summed E-state index contributed by atoms with van der Waals surface area (Å²) in [5.74, 6) is -4.29. The fourth-order valence-electron chi connectivity index (χ4n) is 3.34. The van der Waals surface area contributed by atoms with Crippen molar-refractivity contribution in [2.75, 3.05) is 18.2 Å². The molecule has 2 amide bonds. The van der Waals surface area contributed by atoms with Gasteiger partial charge in [0.2, 0.25) is 11.8 Å². The molecule has 11 heteroatoms. The van der Waals surface area contributed by atoms with Crippen molar-refractivity contribution in [3.8, 4) is 6.07 Å². The minimum absolute atomic E-state index is 0.0988. The molecule has 33 heavy (non-hydrogen) atoms. The van der Waals surface area contributed by atoms with Gasteiger partial charge in [0.15, 0.2) is 0 Å². The lowest BCUT2D eigenvalue weighted by atomic mass is 9.78. The summed E-state index contributed by atoms with van der Waals surface area (Å²) in [6.07, 6.45) is 0. The van der Waals surface area contributed by atoms with Crippen molar-refractivity contribution in [1.82, 2.24) is 5.32 Å². The number of ether oxygens (including phenoxy) is 1. The molecular weight excluding hydrogens is 509 g/mol. The first kappa shape index (κ1) is 24.9. The maximum Gasteiger partial charge on any atom is 0.319 e. The molecule has 1 aliphatic rings. The summed E-state index contributed by atoms with van der Waals surface area (Å²) in [6, 6.07) is 13.3. The van der Waals surface area contributed by atoms with Crippen LogP contribution >= 0.6 is 46.6 Å². The second kappa shape index (κ2) is 10.9. The monoisotopic (exact) mass is 523 g/mol. The molecule has 0 unspecified atom stereocenters. The number of halogens is 3. The third-order valence-corrected chi connectivity index (χ3v) is 6.52. The molecule has 2 aromatic rings. The number of benzene rings is 2. The number of thioether (sulfide) groups is 1. The molecule has 0 bridgehead atoms. The average molecular weight is 525 g/mol. The van der Waals surface area contributed by atoms with Gasteiger partial charge in [0.1, 0.15) is 5.92 Å². The van der Waals surface area contributed by atoms with Crippen LogP contribution in [0.1, 0.15) is 11.5 Å². The third-order valence-electron chi connectivity index (χ3n) is 4.72. The second-order valence-corrected chi connectivity index (χ2v) is 9.10. The molecule has 0 radical (unpaired) electrons. The predicted molar refractivity (Wildman–Crippen MR) is 128 cm³/mol. The van der Waals surface area contributed by atoms with E-state index in [0.29, 0.717) is 26.3 Å². The molecule has 0 fully saturated rings. The Morgan fingerprint density at radius 2 is 1.85 bits per heavy atom. The molecule has 0 saturated heterocycles. The van der Waals surface area contributed by atoms with E-state index in [1.54, 1.807) is 24.3 Å². The van der Waals surface area contributed by atoms with Crippen LogP contribution in [0.3, 0.4) is 0 Å². The Morgan fingerprint density at radius 1 is 1.18 bits per heavy atom. The highest BCUT2D eigenvalue weighted by molar-refractivity contribution is 8.03. The van der Waals surface area contributed by atoms with Gasteiger partial charge in [-0.1, -0.05) is 64.8 Å². The maximum atomic E-state index is 12.8. The first-order chi connectivity index (χ1) is 15.7. The van der Waals surface area contributed by atoms with Crippen LogP contribution in [-0.2, 0) is 19.1 Å². The van der Waals surface area contributed by atoms with Crippen LogP contribution in [0.2, 0.25) is 15.1 Å². The average Bonchev–Trinajstić information content (AvgIpc) is 2.76. The maximum absolute atomic E-state index is 12.8. The molecule has 3 rings (SSSR count). The highest BCUT2D eigenvalue weighted by atomic mass is 35.5. The Bertz CT molecular complexity index is 1180. The zero-order valence-corrected chi connectivity index (χ0v) is 20.1. The second-order valence-electron chi connectivity index (χ2n) is 6.84. The van der Waals surface area contributed by atoms with Gasteiger partial charge < -0.3 is 15.4 Å². The predicted octanol–water partition coefficient (Wildman–Crippen LogP) is 4.76. The topological polar surface area (TPSA) is 108 Å². The molecule has 2 aromatic carbocycles. The van der Waals surface area contributed by atoms with E-state index in [-0.39, 0.29) is 16.4 Å². The van der Waals surface area contributed by atoms with Crippen molar-refractivity contribution >= 4 is 70.0 Å². The van der Waals surface area contributed by atoms with Crippen LogP contribution < -0.4 is 10.6 Å². The van der Waals surface area contributed by atoms with Crippen LogP contribution in [0.5, 0.6) is 0 Å². The number of hydrogen-bond donors (Lipinski definition) is 2. The van der Waals surface area contributed by atoms with E-state index < -0.39 is 29.6 Å². The Kier molecular flexibility index (Phi) is 8.27. The number of carbonyl (C=O) groups excluding carboxylic acids is 3. The number of nitriles is 1. The van der Waals surface area contributed by atoms with E-state index in [2.05, 4.69) is 16.7 Å². The SMILES string of the molecule is COC(=O)[C@@H]1C(=O)NC(SCC(=O)Nc2cc(Cl)cc(Cl)c2)=C(C#N)[C@@H]1c1ccccc1Cl. The highest BCUT2D eigenvalue weighted by Gasteiger charge is 2.45. The minimum atomic E-state index is -1.31. The smallest absolute Gasteiger partial charge is 0.319 e. The number of allylic oxidation sites excluding steroid dienone is 1. The summed E-state index contributed by atoms with van der Waals surface area (Å²) < 4.78 is 4.80. The number of nitrogens with zero attached hydrogens (tertiary/aromatic N) is 1. The van der Waals surface area contributed by atoms with Gasteiger partial charge in [-0.2, -0.15) is 5.26 Å². The first-order valence-electron chi connectivity index (χ1n) is 9.41. The summed E-state index contributed by atoms with van der Waals surface area (Å²) in [5.41, 5.74) is 0.929. The third kappa shape index (κ3) is 5.81. The van der Waals surface area contributed by atoms with Gasteiger partial charge in [-0.05, 0) is 29.8 Å². The zero-order chi connectivity index (χ0) is 24.1.